The van der Waals surface area contributed by atoms with Gasteiger partial charge in [-0.25, -0.2) is 0 Å². The predicted octanol–water partition coefficient (Wildman–Crippen LogP) is 3.06. The molecular weight excluding hydrogens is 210 g/mol. The second-order valence-corrected chi connectivity index (χ2v) is 3.69. The van der Waals surface area contributed by atoms with Gasteiger partial charge in [0.1, 0.15) is 11.5 Å². The van der Waals surface area contributed by atoms with E-state index in [1.54, 1.807) is 0 Å². The van der Waals surface area contributed by atoms with Crippen LogP contribution in [0.2, 0.25) is 0 Å². The van der Waals surface area contributed by atoms with Gasteiger partial charge in [0.25, 0.3) is 0 Å². The van der Waals surface area contributed by atoms with Gasteiger partial charge in [0.05, 0.1) is 0 Å². The van der Waals surface area contributed by atoms with E-state index in [2.05, 4.69) is 0 Å². The van der Waals surface area contributed by atoms with E-state index in [0.717, 1.165) is 24.3 Å². The van der Waals surface area contributed by atoms with E-state index in [4.69, 9.17) is 20.9 Å². The summed E-state index contributed by atoms with van der Waals surface area (Å²) in [4.78, 5) is 0. The lowest BCUT2D eigenvalue weighted by Gasteiger charge is -1.97. The van der Waals surface area contributed by atoms with Gasteiger partial charge in [0.2, 0.25) is 0 Å². The van der Waals surface area contributed by atoms with E-state index in [-0.39, 0.29) is 7.12 Å². The largest absolute Gasteiger partial charge is 0.624 e. The minimum Gasteiger partial charge on any atom is -0.520 e. The van der Waals surface area contributed by atoms with Crippen LogP contribution in [-0.4, -0.2) is 13.0 Å². The van der Waals surface area contributed by atoms with Crippen molar-refractivity contribution >= 4 is 18.7 Å². The van der Waals surface area contributed by atoms with Gasteiger partial charge in [-0.2, -0.15) is 0 Å². The Morgan fingerprint density at radius 3 is 2.47 bits per heavy atom. The Balaban J connectivity index is 1.87. The Morgan fingerprint density at radius 1 is 1.20 bits per heavy atom. The van der Waals surface area contributed by atoms with E-state index < -0.39 is 0 Å². The second kappa shape index (κ2) is 5.12. The lowest BCUT2D eigenvalue weighted by Crippen LogP contribution is -2.21. The molecule has 1 aromatic carbocycles. The van der Waals surface area contributed by atoms with Crippen LogP contribution < -0.4 is 9.31 Å². The Bertz CT molecular complexity index is 329. The second-order valence-electron chi connectivity index (χ2n) is 3.31. The van der Waals surface area contributed by atoms with E-state index in [1.807, 2.05) is 36.3 Å². The molecule has 15 heavy (non-hydrogen) atoms. The molecule has 2 rings (SSSR count). The Hall–Kier alpha value is -1.09. The number of allylic oxidation sites excluding steroid dienone is 1. The molecule has 78 valence electrons. The minimum atomic E-state index is -0.280. The zero-order chi connectivity index (χ0) is 10.5. The standard InChI is InChI=1S/C11H12BClO2/c13-9-5-1-4-8-12-14-10-6-2-3-7-11(10)15-12/h2-4,6-8H,1,5,9H2/b8-4+. The van der Waals surface area contributed by atoms with Crippen LogP contribution in [0.15, 0.2) is 36.3 Å². The summed E-state index contributed by atoms with van der Waals surface area (Å²) in [6, 6.07) is 7.67. The number of benzene rings is 1. The summed E-state index contributed by atoms with van der Waals surface area (Å²) < 4.78 is 11.1. The van der Waals surface area contributed by atoms with E-state index in [0.29, 0.717) is 5.88 Å². The van der Waals surface area contributed by atoms with Crippen molar-refractivity contribution in [1.82, 2.24) is 0 Å². The molecule has 0 amide bonds. The van der Waals surface area contributed by atoms with Crippen molar-refractivity contribution in [2.45, 2.75) is 12.8 Å². The van der Waals surface area contributed by atoms with Crippen LogP contribution in [0.3, 0.4) is 0 Å². The molecule has 4 heteroatoms. The van der Waals surface area contributed by atoms with E-state index >= 15 is 0 Å². The van der Waals surface area contributed by atoms with Gasteiger partial charge in [0, 0.05) is 5.88 Å². The Labute approximate surface area is 95.0 Å². The SMILES string of the molecule is ClCCC/C=C/B1Oc2ccccc2O1. The third kappa shape index (κ3) is 2.69. The predicted molar refractivity (Wildman–Crippen MR) is 62.5 cm³/mol. The number of fused-ring (bicyclic) bond motifs is 1. The van der Waals surface area contributed by atoms with Crippen LogP contribution in [-0.2, 0) is 0 Å². The highest BCUT2D eigenvalue weighted by Gasteiger charge is 2.28. The smallest absolute Gasteiger partial charge is 0.520 e. The van der Waals surface area contributed by atoms with E-state index in [9.17, 15) is 0 Å². The van der Waals surface area contributed by atoms with Gasteiger partial charge >= 0.3 is 7.12 Å². The molecule has 0 fully saturated rings. The molecule has 0 aliphatic carbocycles. The summed E-state index contributed by atoms with van der Waals surface area (Å²) in [7, 11) is -0.280. The molecule has 0 unspecified atom stereocenters. The Kier molecular flexibility index (Phi) is 3.56. The molecule has 0 atom stereocenters. The number of para-hydroxylation sites is 2. The number of alkyl halides is 1. The van der Waals surface area contributed by atoms with E-state index in [1.165, 1.54) is 0 Å². The zero-order valence-electron chi connectivity index (χ0n) is 8.36. The quantitative estimate of drug-likeness (QED) is 0.443. The number of rotatable bonds is 4. The van der Waals surface area contributed by atoms with Crippen LogP contribution in [0.1, 0.15) is 12.8 Å². The maximum absolute atomic E-state index is 5.57. The summed E-state index contributed by atoms with van der Waals surface area (Å²) >= 11 is 5.57. The van der Waals surface area contributed by atoms with Gasteiger partial charge in [-0.1, -0.05) is 18.2 Å². The average Bonchev–Trinajstić information content (AvgIpc) is 2.67. The third-order valence-corrected chi connectivity index (χ3v) is 2.40. The Morgan fingerprint density at radius 2 is 1.87 bits per heavy atom. The molecule has 1 aliphatic rings. The molecule has 0 radical (unpaired) electrons. The number of unbranched alkanes of at least 4 members (excludes halogenated alkanes) is 1. The molecule has 1 aliphatic heterocycles. The zero-order valence-corrected chi connectivity index (χ0v) is 9.11. The molecule has 2 nitrogen and oxygen atoms in total. The molecule has 0 N–H and O–H groups in total. The van der Waals surface area contributed by atoms with Gasteiger partial charge in [-0.3, -0.25) is 0 Å². The van der Waals surface area contributed by atoms with Crippen molar-refractivity contribution in [2.24, 2.45) is 0 Å². The van der Waals surface area contributed by atoms with Crippen LogP contribution in [0.25, 0.3) is 0 Å². The van der Waals surface area contributed by atoms with Gasteiger partial charge in [-0.05, 0) is 30.9 Å². The monoisotopic (exact) mass is 222 g/mol. The number of halogens is 1. The molecule has 0 saturated carbocycles. The first-order chi connectivity index (χ1) is 7.40. The van der Waals surface area contributed by atoms with Gasteiger partial charge in [0.15, 0.2) is 0 Å². The maximum atomic E-state index is 5.57. The van der Waals surface area contributed by atoms with Gasteiger partial charge < -0.3 is 9.31 Å². The van der Waals surface area contributed by atoms with Crippen LogP contribution in [0, 0.1) is 0 Å². The van der Waals surface area contributed by atoms with Crippen molar-refractivity contribution in [3.8, 4) is 11.5 Å². The number of hydrogen-bond donors (Lipinski definition) is 0. The highest BCUT2D eigenvalue weighted by molar-refractivity contribution is 6.53. The first-order valence-electron chi connectivity index (χ1n) is 5.05. The minimum absolute atomic E-state index is 0.280. The first kappa shape index (κ1) is 10.4. The van der Waals surface area contributed by atoms with Crippen LogP contribution in [0.4, 0.5) is 0 Å². The summed E-state index contributed by atoms with van der Waals surface area (Å²) in [5.74, 6) is 4.23. The molecule has 0 saturated heterocycles. The third-order valence-electron chi connectivity index (χ3n) is 2.13. The molecular formula is C11H12BClO2. The highest BCUT2D eigenvalue weighted by atomic mass is 35.5. The van der Waals surface area contributed by atoms with Crippen LogP contribution in [0.5, 0.6) is 11.5 Å². The maximum Gasteiger partial charge on any atom is 0.624 e. The lowest BCUT2D eigenvalue weighted by molar-refractivity contribution is 0.517. The summed E-state index contributed by atoms with van der Waals surface area (Å²) in [5.41, 5.74) is 0. The summed E-state index contributed by atoms with van der Waals surface area (Å²) in [6.45, 7) is 0. The average molecular weight is 222 g/mol. The fourth-order valence-corrected chi connectivity index (χ4v) is 1.55. The molecule has 1 aromatic rings. The van der Waals surface area contributed by atoms with Crippen molar-refractivity contribution in [1.29, 1.82) is 0 Å². The lowest BCUT2D eigenvalue weighted by atomic mass is 9.90. The molecule has 0 bridgehead atoms. The van der Waals surface area contributed by atoms with Crippen molar-refractivity contribution in [3.63, 3.8) is 0 Å². The first-order valence-corrected chi connectivity index (χ1v) is 5.58. The highest BCUT2D eigenvalue weighted by Crippen LogP contribution is 2.32. The van der Waals surface area contributed by atoms with Crippen molar-refractivity contribution < 1.29 is 9.31 Å². The summed E-state index contributed by atoms with van der Waals surface area (Å²) in [6.07, 6.45) is 3.99. The van der Waals surface area contributed by atoms with Crippen molar-refractivity contribution in [2.75, 3.05) is 5.88 Å². The molecule has 0 aromatic heterocycles. The van der Waals surface area contributed by atoms with Gasteiger partial charge in [-0.15, -0.1) is 11.6 Å². The van der Waals surface area contributed by atoms with Crippen LogP contribution >= 0.6 is 11.6 Å². The summed E-state index contributed by atoms with van der Waals surface area (Å²) in [5, 5.41) is 0. The van der Waals surface area contributed by atoms with Crippen molar-refractivity contribution in [3.05, 3.63) is 36.3 Å². The topological polar surface area (TPSA) is 18.5 Å². The fraction of sp³-hybridized carbons (Fsp3) is 0.273. The number of hydrogen-bond acceptors (Lipinski definition) is 2. The molecule has 1 heterocycles. The fourth-order valence-electron chi connectivity index (χ4n) is 1.40. The molecule has 0 spiro atoms. The normalized spacial score (nSPS) is 13.8.